The van der Waals surface area contributed by atoms with Crippen LogP contribution in [0, 0.1) is 17.8 Å². The van der Waals surface area contributed by atoms with Gasteiger partial charge in [0.2, 0.25) is 0 Å². The van der Waals surface area contributed by atoms with Crippen molar-refractivity contribution in [2.24, 2.45) is 11.7 Å². The molecule has 1 aliphatic rings. The van der Waals surface area contributed by atoms with Gasteiger partial charge in [-0.1, -0.05) is 18.8 Å². The molecule has 1 amide bonds. The highest BCUT2D eigenvalue weighted by Crippen LogP contribution is 2.21. The van der Waals surface area contributed by atoms with E-state index in [4.69, 9.17) is 5.73 Å². The molecular formula is C14H18N2O2S. The Balaban J connectivity index is 2.05. The molecule has 5 heteroatoms. The first-order valence-electron chi connectivity index (χ1n) is 6.36. The van der Waals surface area contributed by atoms with Gasteiger partial charge in [0.25, 0.3) is 5.91 Å². The molecule has 2 atom stereocenters. The van der Waals surface area contributed by atoms with Crippen LogP contribution in [0.25, 0.3) is 0 Å². The third kappa shape index (κ3) is 3.35. The van der Waals surface area contributed by atoms with Crippen molar-refractivity contribution < 1.29 is 9.90 Å². The highest BCUT2D eigenvalue weighted by atomic mass is 32.1. The lowest BCUT2D eigenvalue weighted by molar-refractivity contribution is 0.0298. The summed E-state index contributed by atoms with van der Waals surface area (Å²) in [5.41, 5.74) is 6.00. The van der Waals surface area contributed by atoms with Crippen LogP contribution in [0.4, 0.5) is 0 Å². The maximum Gasteiger partial charge on any atom is 0.254 e. The third-order valence-electron chi connectivity index (χ3n) is 3.31. The number of likely N-dealkylation sites (tertiary alicyclic amines) is 1. The first kappa shape index (κ1) is 14.1. The van der Waals surface area contributed by atoms with Gasteiger partial charge in [0.05, 0.1) is 23.1 Å². The van der Waals surface area contributed by atoms with Crippen molar-refractivity contribution in [1.29, 1.82) is 0 Å². The second-order valence-electron chi connectivity index (χ2n) is 4.79. The molecule has 1 aromatic rings. The maximum absolute atomic E-state index is 12.3. The summed E-state index contributed by atoms with van der Waals surface area (Å²) in [5.74, 6) is 5.87. The van der Waals surface area contributed by atoms with Gasteiger partial charge in [0, 0.05) is 18.5 Å². The number of aliphatic hydroxyl groups is 1. The predicted molar refractivity (Wildman–Crippen MR) is 75.9 cm³/mol. The lowest BCUT2D eigenvalue weighted by Crippen LogP contribution is -2.44. The van der Waals surface area contributed by atoms with E-state index in [1.165, 1.54) is 11.3 Å². The average molecular weight is 278 g/mol. The van der Waals surface area contributed by atoms with Crippen molar-refractivity contribution in [1.82, 2.24) is 4.90 Å². The van der Waals surface area contributed by atoms with Crippen molar-refractivity contribution in [3.63, 3.8) is 0 Å². The fraction of sp³-hybridized carbons (Fsp3) is 0.500. The van der Waals surface area contributed by atoms with Crippen molar-refractivity contribution >= 4 is 17.2 Å². The second kappa shape index (κ2) is 6.20. The summed E-state index contributed by atoms with van der Waals surface area (Å²) in [5, 5.41) is 11.5. The first-order valence-corrected chi connectivity index (χ1v) is 7.24. The number of carbonyl (C=O) groups is 1. The van der Waals surface area contributed by atoms with Crippen LogP contribution in [0.2, 0.25) is 0 Å². The highest BCUT2D eigenvalue weighted by Gasteiger charge is 2.28. The average Bonchev–Trinajstić information content (AvgIpc) is 2.87. The van der Waals surface area contributed by atoms with E-state index in [1.807, 2.05) is 18.4 Å². The van der Waals surface area contributed by atoms with E-state index in [9.17, 15) is 9.90 Å². The molecule has 0 bridgehead atoms. The van der Waals surface area contributed by atoms with E-state index in [1.54, 1.807) is 4.90 Å². The van der Waals surface area contributed by atoms with Crippen molar-refractivity contribution in [3.8, 4) is 11.8 Å². The van der Waals surface area contributed by atoms with Gasteiger partial charge in [-0.15, -0.1) is 11.3 Å². The molecule has 1 aromatic heterocycles. The Bertz CT molecular complexity index is 515. The normalized spacial score (nSPS) is 22.8. The summed E-state index contributed by atoms with van der Waals surface area (Å²) in [6, 6.07) is 1.81. The number of carbonyl (C=O) groups excluding carboxylic acids is 1. The zero-order chi connectivity index (χ0) is 13.8. The highest BCUT2D eigenvalue weighted by molar-refractivity contribution is 7.10. The minimum Gasteiger partial charge on any atom is -0.393 e. The summed E-state index contributed by atoms with van der Waals surface area (Å²) in [6.07, 6.45) is 0.356. The largest absolute Gasteiger partial charge is 0.393 e. The Hall–Kier alpha value is -1.35. The lowest BCUT2D eigenvalue weighted by atomic mass is 9.96. The summed E-state index contributed by atoms with van der Waals surface area (Å²) < 4.78 is 0. The fourth-order valence-corrected chi connectivity index (χ4v) is 2.90. The number of hydrogen-bond donors (Lipinski definition) is 2. The number of thiophene rings is 1. The molecule has 0 saturated carbocycles. The van der Waals surface area contributed by atoms with Crippen LogP contribution in [0.15, 0.2) is 11.4 Å². The Labute approximate surface area is 117 Å². The van der Waals surface area contributed by atoms with E-state index in [2.05, 4.69) is 11.8 Å². The predicted octanol–water partition coefficient (Wildman–Crippen LogP) is 0.901. The fourth-order valence-electron chi connectivity index (χ4n) is 2.15. The molecule has 102 valence electrons. The first-order chi connectivity index (χ1) is 9.11. The number of piperidine rings is 1. The molecule has 0 aromatic carbocycles. The minimum absolute atomic E-state index is 0.0239. The van der Waals surface area contributed by atoms with Crippen molar-refractivity contribution in [2.45, 2.75) is 19.4 Å². The van der Waals surface area contributed by atoms with Gasteiger partial charge in [-0.3, -0.25) is 4.79 Å². The van der Waals surface area contributed by atoms with Crippen LogP contribution >= 0.6 is 11.3 Å². The van der Waals surface area contributed by atoms with Crippen LogP contribution < -0.4 is 5.73 Å². The quantitative estimate of drug-likeness (QED) is 0.750. The van der Waals surface area contributed by atoms with E-state index >= 15 is 0 Å². The minimum atomic E-state index is -0.294. The van der Waals surface area contributed by atoms with Gasteiger partial charge >= 0.3 is 0 Å². The van der Waals surface area contributed by atoms with E-state index < -0.39 is 0 Å². The van der Waals surface area contributed by atoms with Crippen LogP contribution in [0.5, 0.6) is 0 Å². The van der Waals surface area contributed by atoms with Gasteiger partial charge < -0.3 is 15.7 Å². The maximum atomic E-state index is 12.3. The molecule has 4 nitrogen and oxygen atoms in total. The van der Waals surface area contributed by atoms with Gasteiger partial charge in [-0.2, -0.15) is 0 Å². The van der Waals surface area contributed by atoms with Gasteiger partial charge in [-0.05, 0) is 18.4 Å². The zero-order valence-electron chi connectivity index (χ0n) is 10.9. The Morgan fingerprint density at radius 3 is 3.16 bits per heavy atom. The number of rotatable bonds is 1. The summed E-state index contributed by atoms with van der Waals surface area (Å²) in [6.45, 7) is 3.52. The van der Waals surface area contributed by atoms with E-state index in [-0.39, 0.29) is 17.9 Å². The third-order valence-corrected chi connectivity index (χ3v) is 4.15. The Morgan fingerprint density at radius 1 is 1.68 bits per heavy atom. The number of hydrogen-bond acceptors (Lipinski definition) is 4. The van der Waals surface area contributed by atoms with Gasteiger partial charge in [0.15, 0.2) is 0 Å². The molecule has 0 radical (unpaired) electrons. The van der Waals surface area contributed by atoms with Gasteiger partial charge in [0.1, 0.15) is 0 Å². The molecule has 3 N–H and O–H groups in total. The number of nitrogens with two attached hydrogens (primary N) is 1. The standard InChI is InChI=1S/C14H18N2O2S/c1-10-8-16(6-4-13(10)17)14(18)11-7-12(19-9-11)3-2-5-15/h7,9-10,13,17H,4-6,8,15H2,1H3. The molecule has 1 aliphatic heterocycles. The van der Waals surface area contributed by atoms with Crippen molar-refractivity contribution in [3.05, 3.63) is 21.9 Å². The van der Waals surface area contributed by atoms with E-state index in [0.717, 1.165) is 4.88 Å². The Morgan fingerprint density at radius 2 is 2.47 bits per heavy atom. The summed E-state index contributed by atoms with van der Waals surface area (Å²) in [7, 11) is 0. The molecule has 0 spiro atoms. The second-order valence-corrected chi connectivity index (χ2v) is 5.70. The molecule has 1 saturated heterocycles. The smallest absolute Gasteiger partial charge is 0.254 e. The molecule has 2 heterocycles. The molecule has 1 fully saturated rings. The zero-order valence-corrected chi connectivity index (χ0v) is 11.7. The molecule has 2 rings (SSSR count). The van der Waals surface area contributed by atoms with Crippen LogP contribution in [0.3, 0.4) is 0 Å². The van der Waals surface area contributed by atoms with Crippen LogP contribution in [0.1, 0.15) is 28.6 Å². The summed E-state index contributed by atoms with van der Waals surface area (Å²) >= 11 is 1.46. The lowest BCUT2D eigenvalue weighted by Gasteiger charge is -2.34. The molecule has 2 unspecified atom stereocenters. The Kier molecular flexibility index (Phi) is 4.59. The number of aliphatic hydroxyl groups excluding tert-OH is 1. The SMILES string of the molecule is CC1CN(C(=O)c2csc(C#CCN)c2)CCC1O. The molecular weight excluding hydrogens is 260 g/mol. The monoisotopic (exact) mass is 278 g/mol. The van der Waals surface area contributed by atoms with Gasteiger partial charge in [-0.25, -0.2) is 0 Å². The molecule has 19 heavy (non-hydrogen) atoms. The topological polar surface area (TPSA) is 66.6 Å². The van der Waals surface area contributed by atoms with E-state index in [0.29, 0.717) is 31.6 Å². The summed E-state index contributed by atoms with van der Waals surface area (Å²) in [4.78, 5) is 15.0. The number of nitrogens with zero attached hydrogens (tertiary/aromatic N) is 1. The van der Waals surface area contributed by atoms with Crippen molar-refractivity contribution in [2.75, 3.05) is 19.6 Å². The number of amides is 1. The molecule has 0 aliphatic carbocycles. The van der Waals surface area contributed by atoms with Crippen LogP contribution in [-0.4, -0.2) is 41.7 Å². The van der Waals surface area contributed by atoms with Crippen LogP contribution in [-0.2, 0) is 0 Å².